The van der Waals surface area contributed by atoms with Crippen LogP contribution in [0.25, 0.3) is 10.1 Å². The highest BCUT2D eigenvalue weighted by atomic mass is 32.1. The average Bonchev–Trinajstić information content (AvgIpc) is 3.08. The number of aliphatic carboxylic acids is 1. The van der Waals surface area contributed by atoms with Crippen LogP contribution in [0.5, 0.6) is 0 Å². The van der Waals surface area contributed by atoms with Crippen LogP contribution < -0.4 is 5.32 Å². The summed E-state index contributed by atoms with van der Waals surface area (Å²) < 4.78 is 1.09. The fourth-order valence-electron chi connectivity index (χ4n) is 2.90. The van der Waals surface area contributed by atoms with Gasteiger partial charge in [0.25, 0.3) is 5.91 Å². The van der Waals surface area contributed by atoms with E-state index in [1.165, 1.54) is 11.3 Å². The fraction of sp³-hybridized carbons (Fsp3) is 0.389. The molecule has 2 N–H and O–H groups in total. The van der Waals surface area contributed by atoms with Crippen molar-refractivity contribution in [1.82, 2.24) is 15.1 Å². The van der Waals surface area contributed by atoms with Gasteiger partial charge in [0.2, 0.25) is 0 Å². The molecule has 0 unspecified atom stereocenters. The van der Waals surface area contributed by atoms with E-state index in [4.69, 9.17) is 5.11 Å². The second-order valence-corrected chi connectivity index (χ2v) is 7.24. The van der Waals surface area contributed by atoms with Crippen LogP contribution in [0.4, 0.5) is 4.79 Å². The highest BCUT2D eigenvalue weighted by Gasteiger charge is 2.25. The largest absolute Gasteiger partial charge is 0.481 e. The molecule has 0 aliphatic carbocycles. The Morgan fingerprint density at radius 1 is 1.08 bits per heavy atom. The molecule has 1 aromatic carbocycles. The highest BCUT2D eigenvalue weighted by molar-refractivity contribution is 7.20. The number of thiophene rings is 1. The van der Waals surface area contributed by atoms with Gasteiger partial charge in [-0.1, -0.05) is 18.2 Å². The number of nitrogens with one attached hydrogen (secondary N) is 1. The van der Waals surface area contributed by atoms with Gasteiger partial charge in [-0.15, -0.1) is 11.3 Å². The topological polar surface area (TPSA) is 89.9 Å². The summed E-state index contributed by atoms with van der Waals surface area (Å²) in [4.78, 5) is 39.4. The van der Waals surface area contributed by atoms with Crippen LogP contribution in [0.2, 0.25) is 0 Å². The van der Waals surface area contributed by atoms with Crippen molar-refractivity contribution >= 4 is 39.3 Å². The molecule has 1 fully saturated rings. The smallest absolute Gasteiger partial charge is 0.317 e. The molecule has 7 nitrogen and oxygen atoms in total. The monoisotopic (exact) mass is 375 g/mol. The molecule has 1 aliphatic heterocycles. The molecule has 0 saturated carbocycles. The van der Waals surface area contributed by atoms with E-state index in [2.05, 4.69) is 5.32 Å². The maximum atomic E-state index is 12.7. The summed E-state index contributed by atoms with van der Waals surface area (Å²) in [5, 5.41) is 12.4. The van der Waals surface area contributed by atoms with Gasteiger partial charge in [-0.05, 0) is 23.9 Å². The summed E-state index contributed by atoms with van der Waals surface area (Å²) in [5.74, 6) is -0.861. The number of carboxylic acid groups (broad SMARTS) is 1. The minimum absolute atomic E-state index is 0.00714. The molecule has 2 heterocycles. The van der Waals surface area contributed by atoms with Gasteiger partial charge in [0.15, 0.2) is 0 Å². The lowest BCUT2D eigenvalue weighted by molar-refractivity contribution is -0.137. The minimum atomic E-state index is -0.868. The minimum Gasteiger partial charge on any atom is -0.481 e. The number of hydrogen-bond donors (Lipinski definition) is 2. The third-order valence-corrected chi connectivity index (χ3v) is 5.44. The molecule has 0 radical (unpaired) electrons. The number of hydrogen-bond acceptors (Lipinski definition) is 4. The lowest BCUT2D eigenvalue weighted by Gasteiger charge is -2.34. The molecule has 26 heavy (non-hydrogen) atoms. The van der Waals surface area contributed by atoms with E-state index in [0.717, 1.165) is 15.0 Å². The summed E-state index contributed by atoms with van der Waals surface area (Å²) in [6.07, 6.45) is 0.448. The lowest BCUT2D eigenvalue weighted by Crippen LogP contribution is -2.53. The van der Waals surface area contributed by atoms with Gasteiger partial charge >= 0.3 is 12.0 Å². The number of amides is 3. The third-order valence-electron chi connectivity index (χ3n) is 4.33. The second-order valence-electron chi connectivity index (χ2n) is 6.16. The van der Waals surface area contributed by atoms with Crippen LogP contribution in [-0.2, 0) is 4.79 Å². The predicted octanol–water partition coefficient (Wildman–Crippen LogP) is 2.23. The standard InChI is InChI=1S/C18H21N3O4S/c22-16(23)6-3-7-19-18(25)21-10-8-20(9-11-21)17(24)15-12-13-4-1-2-5-14(13)26-15/h1-2,4-5,12H,3,6-11H2,(H,19,25)(H,22,23). The molecule has 1 aliphatic rings. The maximum absolute atomic E-state index is 12.7. The maximum Gasteiger partial charge on any atom is 0.317 e. The van der Waals surface area contributed by atoms with Gasteiger partial charge in [-0.25, -0.2) is 4.79 Å². The SMILES string of the molecule is O=C(O)CCCNC(=O)N1CCN(C(=O)c2cc3ccccc3s2)CC1. The fourth-order valence-corrected chi connectivity index (χ4v) is 3.93. The van der Waals surface area contributed by atoms with E-state index in [9.17, 15) is 14.4 Å². The summed E-state index contributed by atoms with van der Waals surface area (Å²) in [6, 6.07) is 9.63. The molecule has 3 rings (SSSR count). The Morgan fingerprint density at radius 3 is 2.46 bits per heavy atom. The molecule has 0 atom stereocenters. The molecule has 0 spiro atoms. The third kappa shape index (κ3) is 4.32. The molecule has 1 saturated heterocycles. The van der Waals surface area contributed by atoms with Crippen LogP contribution in [0.1, 0.15) is 22.5 Å². The van der Waals surface area contributed by atoms with Crippen LogP contribution >= 0.6 is 11.3 Å². The van der Waals surface area contributed by atoms with Crippen molar-refractivity contribution in [2.24, 2.45) is 0 Å². The molecule has 1 aromatic heterocycles. The zero-order chi connectivity index (χ0) is 18.5. The first-order valence-corrected chi connectivity index (χ1v) is 9.38. The number of fused-ring (bicyclic) bond motifs is 1. The van der Waals surface area contributed by atoms with Crippen molar-refractivity contribution in [2.45, 2.75) is 12.8 Å². The van der Waals surface area contributed by atoms with E-state index in [-0.39, 0.29) is 18.4 Å². The van der Waals surface area contributed by atoms with Crippen molar-refractivity contribution in [3.8, 4) is 0 Å². The Labute approximate surface area is 155 Å². The predicted molar refractivity (Wildman–Crippen MR) is 99.6 cm³/mol. The molecule has 0 bridgehead atoms. The van der Waals surface area contributed by atoms with E-state index in [0.29, 0.717) is 39.1 Å². The summed E-state index contributed by atoms with van der Waals surface area (Å²) in [5.41, 5.74) is 0. The number of nitrogens with zero attached hydrogens (tertiary/aromatic N) is 2. The van der Waals surface area contributed by atoms with Crippen molar-refractivity contribution in [3.05, 3.63) is 35.2 Å². The molecule has 3 amide bonds. The average molecular weight is 375 g/mol. The Bertz CT molecular complexity index is 779. The van der Waals surface area contributed by atoms with Crippen molar-refractivity contribution in [3.63, 3.8) is 0 Å². The number of benzene rings is 1. The van der Waals surface area contributed by atoms with Crippen LogP contribution in [-0.4, -0.2) is 65.5 Å². The van der Waals surface area contributed by atoms with Gasteiger partial charge in [-0.3, -0.25) is 9.59 Å². The van der Waals surface area contributed by atoms with E-state index in [1.807, 2.05) is 30.3 Å². The lowest BCUT2D eigenvalue weighted by atomic mass is 10.2. The van der Waals surface area contributed by atoms with E-state index < -0.39 is 5.97 Å². The number of carboxylic acids is 1. The number of carbonyl (C=O) groups is 3. The molecule has 138 valence electrons. The van der Waals surface area contributed by atoms with Gasteiger partial charge in [0, 0.05) is 43.8 Å². The Kier molecular flexibility index (Phi) is 5.72. The quantitative estimate of drug-likeness (QED) is 0.784. The first-order valence-electron chi connectivity index (χ1n) is 8.57. The van der Waals surface area contributed by atoms with E-state index >= 15 is 0 Å². The van der Waals surface area contributed by atoms with Gasteiger partial charge in [-0.2, -0.15) is 0 Å². The molecular weight excluding hydrogens is 354 g/mol. The van der Waals surface area contributed by atoms with Crippen molar-refractivity contribution < 1.29 is 19.5 Å². The van der Waals surface area contributed by atoms with Gasteiger partial charge in [0.05, 0.1) is 4.88 Å². The van der Waals surface area contributed by atoms with Gasteiger partial charge in [0.1, 0.15) is 0 Å². The number of piperazine rings is 1. The Hall–Kier alpha value is -2.61. The van der Waals surface area contributed by atoms with Crippen LogP contribution in [0, 0.1) is 0 Å². The Morgan fingerprint density at radius 2 is 1.77 bits per heavy atom. The summed E-state index contributed by atoms with van der Waals surface area (Å²) in [6.45, 7) is 2.28. The Balaban J connectivity index is 1.49. The normalized spacial score (nSPS) is 14.5. The highest BCUT2D eigenvalue weighted by Crippen LogP contribution is 2.26. The molecule has 8 heteroatoms. The van der Waals surface area contributed by atoms with Crippen molar-refractivity contribution in [1.29, 1.82) is 0 Å². The zero-order valence-corrected chi connectivity index (χ0v) is 15.1. The number of rotatable bonds is 5. The second kappa shape index (κ2) is 8.18. The zero-order valence-electron chi connectivity index (χ0n) is 14.3. The van der Waals surface area contributed by atoms with Crippen LogP contribution in [0.15, 0.2) is 30.3 Å². The number of carbonyl (C=O) groups excluding carboxylic acids is 2. The van der Waals surface area contributed by atoms with E-state index in [1.54, 1.807) is 9.80 Å². The molecular formula is C18H21N3O4S. The number of urea groups is 1. The summed E-state index contributed by atoms with van der Waals surface area (Å²) >= 11 is 1.49. The first-order chi connectivity index (χ1) is 12.5. The summed E-state index contributed by atoms with van der Waals surface area (Å²) in [7, 11) is 0. The van der Waals surface area contributed by atoms with Crippen LogP contribution in [0.3, 0.4) is 0 Å². The first kappa shape index (κ1) is 18.2. The van der Waals surface area contributed by atoms with Crippen molar-refractivity contribution in [2.75, 3.05) is 32.7 Å². The van der Waals surface area contributed by atoms with Gasteiger partial charge < -0.3 is 20.2 Å². The molecule has 2 aromatic rings.